The van der Waals surface area contributed by atoms with Crippen LogP contribution in [0.25, 0.3) is 5.57 Å². The smallest absolute Gasteiger partial charge is 0.132 e. The Morgan fingerprint density at radius 2 is 1.76 bits per heavy atom. The first-order chi connectivity index (χ1) is 10.3. The van der Waals surface area contributed by atoms with Crippen molar-refractivity contribution in [2.75, 3.05) is 5.33 Å². The quantitative estimate of drug-likeness (QED) is 0.601. The maximum absolute atomic E-state index is 11.8. The number of carbonyl (C=O) groups is 1. The van der Waals surface area contributed by atoms with E-state index in [4.69, 9.17) is 4.74 Å². The molecule has 0 aliphatic carbocycles. The molecule has 0 spiro atoms. The average Bonchev–Trinajstić information content (AvgIpc) is 2.54. The molecular weight excluding hydrogens is 328 g/mol. The Bertz CT molecular complexity index is 677. The van der Waals surface area contributed by atoms with Gasteiger partial charge in [-0.2, -0.15) is 0 Å². The number of alkyl halides is 1. The standard InChI is InChI=1S/C18H15BrO2/c19-11-10-17-18(13-6-2-1-3-7-13)15(12-20)14-8-4-5-9-16(14)21-17/h1-9,12,15H,10-11H2. The number of fused-ring (bicyclic) bond motifs is 1. The highest BCUT2D eigenvalue weighted by molar-refractivity contribution is 9.09. The van der Waals surface area contributed by atoms with Gasteiger partial charge in [0.1, 0.15) is 17.8 Å². The molecule has 0 fully saturated rings. The van der Waals surface area contributed by atoms with Gasteiger partial charge in [0.25, 0.3) is 0 Å². The van der Waals surface area contributed by atoms with Crippen LogP contribution in [0.3, 0.4) is 0 Å². The molecule has 0 N–H and O–H groups in total. The summed E-state index contributed by atoms with van der Waals surface area (Å²) in [6.45, 7) is 0. The SMILES string of the molecule is O=CC1C(c2ccccc2)=C(CCBr)Oc2ccccc21. The van der Waals surface area contributed by atoms with E-state index in [9.17, 15) is 4.79 Å². The van der Waals surface area contributed by atoms with E-state index in [1.165, 1.54) is 0 Å². The zero-order chi connectivity index (χ0) is 14.7. The molecule has 2 nitrogen and oxygen atoms in total. The number of halogens is 1. The molecule has 106 valence electrons. The van der Waals surface area contributed by atoms with Gasteiger partial charge in [-0.1, -0.05) is 64.5 Å². The van der Waals surface area contributed by atoms with Crippen LogP contribution in [-0.4, -0.2) is 11.6 Å². The van der Waals surface area contributed by atoms with E-state index in [0.717, 1.165) is 46.2 Å². The van der Waals surface area contributed by atoms with Crippen LogP contribution in [0.15, 0.2) is 60.4 Å². The van der Waals surface area contributed by atoms with Crippen molar-refractivity contribution in [2.24, 2.45) is 0 Å². The van der Waals surface area contributed by atoms with E-state index < -0.39 is 0 Å². The lowest BCUT2D eigenvalue weighted by atomic mass is 9.84. The minimum absolute atomic E-state index is 0.272. The number of carbonyl (C=O) groups excluding carboxylic acids is 1. The van der Waals surface area contributed by atoms with Gasteiger partial charge in [-0.15, -0.1) is 0 Å². The highest BCUT2D eigenvalue weighted by Crippen LogP contribution is 2.43. The van der Waals surface area contributed by atoms with Crippen LogP contribution in [0.1, 0.15) is 23.5 Å². The Morgan fingerprint density at radius 3 is 2.48 bits per heavy atom. The van der Waals surface area contributed by atoms with Crippen molar-refractivity contribution in [1.29, 1.82) is 0 Å². The molecule has 1 atom stereocenters. The third-order valence-electron chi connectivity index (χ3n) is 3.64. The van der Waals surface area contributed by atoms with E-state index in [1.54, 1.807) is 0 Å². The predicted molar refractivity (Wildman–Crippen MR) is 87.6 cm³/mol. The molecule has 3 heteroatoms. The lowest BCUT2D eigenvalue weighted by Crippen LogP contribution is -2.16. The van der Waals surface area contributed by atoms with Gasteiger partial charge in [0, 0.05) is 22.9 Å². The second-order valence-electron chi connectivity index (χ2n) is 4.90. The van der Waals surface area contributed by atoms with Crippen LogP contribution in [-0.2, 0) is 4.79 Å². The molecule has 1 aliphatic heterocycles. The largest absolute Gasteiger partial charge is 0.461 e. The summed E-state index contributed by atoms with van der Waals surface area (Å²) in [5.41, 5.74) is 2.95. The molecule has 0 saturated heterocycles. The number of ether oxygens (including phenoxy) is 1. The van der Waals surface area contributed by atoms with E-state index in [1.807, 2.05) is 54.6 Å². The molecule has 1 heterocycles. The maximum Gasteiger partial charge on any atom is 0.132 e. The first-order valence-corrected chi connectivity index (χ1v) is 8.03. The van der Waals surface area contributed by atoms with Gasteiger partial charge in [0.2, 0.25) is 0 Å². The molecule has 21 heavy (non-hydrogen) atoms. The van der Waals surface area contributed by atoms with Crippen LogP contribution < -0.4 is 4.74 Å². The van der Waals surface area contributed by atoms with Crippen LogP contribution in [0.2, 0.25) is 0 Å². The van der Waals surface area contributed by atoms with Gasteiger partial charge >= 0.3 is 0 Å². The molecular formula is C18H15BrO2. The van der Waals surface area contributed by atoms with Gasteiger partial charge in [-0.3, -0.25) is 0 Å². The van der Waals surface area contributed by atoms with Gasteiger partial charge in [-0.25, -0.2) is 0 Å². The summed E-state index contributed by atoms with van der Waals surface area (Å²) >= 11 is 3.46. The van der Waals surface area contributed by atoms with Crippen molar-refractivity contribution >= 4 is 27.8 Å². The van der Waals surface area contributed by atoms with E-state index >= 15 is 0 Å². The second-order valence-corrected chi connectivity index (χ2v) is 5.69. The van der Waals surface area contributed by atoms with Crippen molar-refractivity contribution < 1.29 is 9.53 Å². The summed E-state index contributed by atoms with van der Waals surface area (Å²) in [7, 11) is 0. The third-order valence-corrected chi connectivity index (χ3v) is 4.04. The van der Waals surface area contributed by atoms with E-state index in [2.05, 4.69) is 15.9 Å². The van der Waals surface area contributed by atoms with Gasteiger partial charge in [0.05, 0.1) is 5.92 Å². The minimum Gasteiger partial charge on any atom is -0.461 e. The first kappa shape index (κ1) is 14.1. The van der Waals surface area contributed by atoms with Gasteiger partial charge in [-0.05, 0) is 11.6 Å². The van der Waals surface area contributed by atoms with E-state index in [0.29, 0.717) is 0 Å². The fraction of sp³-hybridized carbons (Fsp3) is 0.167. The molecule has 2 aromatic rings. The normalized spacial score (nSPS) is 17.1. The van der Waals surface area contributed by atoms with Crippen LogP contribution in [0.5, 0.6) is 5.75 Å². The zero-order valence-electron chi connectivity index (χ0n) is 11.5. The summed E-state index contributed by atoms with van der Waals surface area (Å²) in [4.78, 5) is 11.8. The van der Waals surface area contributed by atoms with Crippen LogP contribution in [0.4, 0.5) is 0 Å². The average molecular weight is 343 g/mol. The fourth-order valence-corrected chi connectivity index (χ4v) is 3.08. The van der Waals surface area contributed by atoms with Crippen molar-refractivity contribution in [2.45, 2.75) is 12.3 Å². The lowest BCUT2D eigenvalue weighted by molar-refractivity contribution is -0.108. The number of hydrogen-bond donors (Lipinski definition) is 0. The molecule has 1 unspecified atom stereocenters. The van der Waals surface area contributed by atoms with Gasteiger partial charge in [0.15, 0.2) is 0 Å². The van der Waals surface area contributed by atoms with Crippen molar-refractivity contribution in [3.63, 3.8) is 0 Å². The second kappa shape index (κ2) is 6.27. The summed E-state index contributed by atoms with van der Waals surface area (Å²) < 4.78 is 6.06. The lowest BCUT2D eigenvalue weighted by Gasteiger charge is -2.28. The number of para-hydroxylation sites is 1. The zero-order valence-corrected chi connectivity index (χ0v) is 13.0. The Labute approximate surface area is 132 Å². The molecule has 3 rings (SSSR count). The summed E-state index contributed by atoms with van der Waals surface area (Å²) in [5, 5.41) is 0.798. The monoisotopic (exact) mass is 342 g/mol. The number of benzene rings is 2. The predicted octanol–water partition coefficient (Wildman–Crippen LogP) is 4.56. The van der Waals surface area contributed by atoms with E-state index in [-0.39, 0.29) is 5.92 Å². The maximum atomic E-state index is 11.8. The number of rotatable bonds is 4. The minimum atomic E-state index is -0.272. The number of allylic oxidation sites excluding steroid dienone is 2. The molecule has 0 radical (unpaired) electrons. The molecule has 0 saturated carbocycles. The fourth-order valence-electron chi connectivity index (χ4n) is 2.72. The highest BCUT2D eigenvalue weighted by Gasteiger charge is 2.29. The molecule has 1 aliphatic rings. The van der Waals surface area contributed by atoms with Crippen molar-refractivity contribution in [3.05, 3.63) is 71.5 Å². The molecule has 0 bridgehead atoms. The van der Waals surface area contributed by atoms with Crippen LogP contribution in [0, 0.1) is 0 Å². The van der Waals surface area contributed by atoms with Crippen molar-refractivity contribution in [1.82, 2.24) is 0 Å². The van der Waals surface area contributed by atoms with Crippen LogP contribution >= 0.6 is 15.9 Å². The molecule has 0 amide bonds. The van der Waals surface area contributed by atoms with Crippen molar-refractivity contribution in [3.8, 4) is 5.75 Å². The Balaban J connectivity index is 2.17. The Morgan fingerprint density at radius 1 is 1.05 bits per heavy atom. The Hall–Kier alpha value is -1.87. The van der Waals surface area contributed by atoms with Gasteiger partial charge < -0.3 is 9.53 Å². The first-order valence-electron chi connectivity index (χ1n) is 6.91. The molecule has 2 aromatic carbocycles. The number of aldehydes is 1. The highest BCUT2D eigenvalue weighted by atomic mass is 79.9. The summed E-state index contributed by atoms with van der Waals surface area (Å²) in [5.74, 6) is 1.38. The molecule has 0 aromatic heterocycles. The topological polar surface area (TPSA) is 26.3 Å². The number of hydrogen-bond acceptors (Lipinski definition) is 2. The third kappa shape index (κ3) is 2.66. The summed E-state index contributed by atoms with van der Waals surface area (Å²) in [6.07, 6.45) is 1.76. The summed E-state index contributed by atoms with van der Waals surface area (Å²) in [6, 6.07) is 17.7. The Kier molecular flexibility index (Phi) is 4.20.